The zero-order valence-electron chi connectivity index (χ0n) is 11.2. The third kappa shape index (κ3) is 3.96. The molecule has 0 saturated carbocycles. The number of esters is 1. The molecule has 6 heteroatoms. The highest BCUT2D eigenvalue weighted by Gasteiger charge is 2.33. The largest absolute Gasteiger partial charge is 0.465 e. The normalized spacial score (nSPS) is 23.2. The molecule has 1 saturated heterocycles. The van der Waals surface area contributed by atoms with Gasteiger partial charge in [-0.2, -0.15) is 0 Å². The summed E-state index contributed by atoms with van der Waals surface area (Å²) in [6.07, 6.45) is -0.0965. The van der Waals surface area contributed by atoms with Crippen molar-refractivity contribution in [3.63, 3.8) is 0 Å². The molecular weight excluding hydrogens is 236 g/mol. The van der Waals surface area contributed by atoms with Crippen LogP contribution in [0.5, 0.6) is 0 Å². The molecular formula is C12H22N2O4. The summed E-state index contributed by atoms with van der Waals surface area (Å²) in [5.74, 6) is -0.562. The van der Waals surface area contributed by atoms with E-state index in [0.29, 0.717) is 19.6 Å². The van der Waals surface area contributed by atoms with E-state index in [1.54, 1.807) is 6.92 Å². The number of rotatable bonds is 5. The summed E-state index contributed by atoms with van der Waals surface area (Å²) in [5.41, 5.74) is 0. The first-order valence-corrected chi connectivity index (χ1v) is 6.33. The summed E-state index contributed by atoms with van der Waals surface area (Å²) < 4.78 is 4.85. The molecule has 1 rings (SSSR count). The van der Waals surface area contributed by atoms with Crippen LogP contribution in [0.1, 0.15) is 27.2 Å². The van der Waals surface area contributed by atoms with E-state index in [0.717, 1.165) is 0 Å². The van der Waals surface area contributed by atoms with Gasteiger partial charge in [0.25, 0.3) is 0 Å². The molecule has 0 aromatic rings. The van der Waals surface area contributed by atoms with Crippen LogP contribution in [0.25, 0.3) is 0 Å². The Labute approximate surface area is 107 Å². The molecule has 6 nitrogen and oxygen atoms in total. The molecule has 0 radical (unpaired) electrons. The van der Waals surface area contributed by atoms with Crippen LogP contribution < -0.4 is 5.32 Å². The van der Waals surface area contributed by atoms with Gasteiger partial charge in [0.05, 0.1) is 18.8 Å². The third-order valence-corrected chi connectivity index (χ3v) is 2.92. The van der Waals surface area contributed by atoms with Crippen molar-refractivity contribution in [2.75, 3.05) is 19.7 Å². The van der Waals surface area contributed by atoms with Gasteiger partial charge in [-0.1, -0.05) is 0 Å². The van der Waals surface area contributed by atoms with Crippen LogP contribution in [0.15, 0.2) is 0 Å². The van der Waals surface area contributed by atoms with E-state index >= 15 is 0 Å². The average Bonchev–Trinajstić information content (AvgIpc) is 2.72. The number of hydrogen-bond donors (Lipinski definition) is 2. The van der Waals surface area contributed by atoms with Crippen LogP contribution in [0.2, 0.25) is 0 Å². The number of carbonyl (C=O) groups excluding carboxylic acids is 2. The van der Waals surface area contributed by atoms with Gasteiger partial charge in [0.15, 0.2) is 0 Å². The molecule has 1 amide bonds. The fourth-order valence-corrected chi connectivity index (χ4v) is 1.97. The number of aliphatic hydroxyl groups is 1. The Morgan fingerprint density at radius 3 is 2.61 bits per heavy atom. The molecule has 1 aliphatic heterocycles. The Hall–Kier alpha value is -1.14. The third-order valence-electron chi connectivity index (χ3n) is 2.92. The van der Waals surface area contributed by atoms with Gasteiger partial charge in [0.2, 0.25) is 5.91 Å². The second kappa shape index (κ2) is 6.70. The van der Waals surface area contributed by atoms with Gasteiger partial charge in [-0.05, 0) is 27.2 Å². The van der Waals surface area contributed by atoms with E-state index in [4.69, 9.17) is 4.74 Å². The van der Waals surface area contributed by atoms with Crippen molar-refractivity contribution in [2.45, 2.75) is 45.4 Å². The van der Waals surface area contributed by atoms with Gasteiger partial charge in [-0.15, -0.1) is 0 Å². The Morgan fingerprint density at radius 2 is 2.17 bits per heavy atom. The summed E-state index contributed by atoms with van der Waals surface area (Å²) in [5, 5.41) is 12.4. The van der Waals surface area contributed by atoms with E-state index in [2.05, 4.69) is 5.32 Å². The molecule has 1 fully saturated rings. The second-order valence-electron chi connectivity index (χ2n) is 4.72. The van der Waals surface area contributed by atoms with Crippen LogP contribution in [0.4, 0.5) is 0 Å². The van der Waals surface area contributed by atoms with E-state index in [-0.39, 0.29) is 18.5 Å². The maximum absolute atomic E-state index is 12.2. The van der Waals surface area contributed by atoms with Crippen molar-refractivity contribution in [2.24, 2.45) is 0 Å². The molecule has 0 aromatic carbocycles. The Bertz CT molecular complexity index is 306. The topological polar surface area (TPSA) is 78.9 Å². The lowest BCUT2D eigenvalue weighted by atomic mass is 10.1. The minimum Gasteiger partial charge on any atom is -0.465 e. The molecule has 0 bridgehead atoms. The van der Waals surface area contributed by atoms with Crippen LogP contribution in [0.3, 0.4) is 0 Å². The zero-order valence-corrected chi connectivity index (χ0v) is 11.2. The number of aliphatic hydroxyl groups excluding tert-OH is 1. The highest BCUT2D eigenvalue weighted by atomic mass is 16.5. The number of ether oxygens (including phenoxy) is 1. The molecule has 1 heterocycles. The predicted octanol–water partition coefficient (Wildman–Crippen LogP) is -0.491. The van der Waals surface area contributed by atoms with Crippen molar-refractivity contribution >= 4 is 11.9 Å². The van der Waals surface area contributed by atoms with Crippen LogP contribution in [-0.4, -0.2) is 59.8 Å². The highest BCUT2D eigenvalue weighted by molar-refractivity contribution is 5.86. The van der Waals surface area contributed by atoms with E-state index in [9.17, 15) is 14.7 Å². The first-order valence-electron chi connectivity index (χ1n) is 6.33. The number of carbonyl (C=O) groups is 2. The van der Waals surface area contributed by atoms with Crippen LogP contribution >= 0.6 is 0 Å². The number of β-amino-alcohol motifs (C(OH)–C–C–N with tert-alkyl or cyclic N) is 1. The monoisotopic (exact) mass is 258 g/mol. The maximum Gasteiger partial charge on any atom is 0.325 e. The predicted molar refractivity (Wildman–Crippen MR) is 65.9 cm³/mol. The lowest BCUT2D eigenvalue weighted by Gasteiger charge is -2.28. The molecule has 0 aromatic heterocycles. The lowest BCUT2D eigenvalue weighted by Crippen LogP contribution is -2.49. The van der Waals surface area contributed by atoms with Crippen molar-refractivity contribution in [3.8, 4) is 0 Å². The summed E-state index contributed by atoms with van der Waals surface area (Å²) in [6, 6.07) is -0.488. The van der Waals surface area contributed by atoms with E-state index in [1.165, 1.54) is 4.90 Å². The van der Waals surface area contributed by atoms with Gasteiger partial charge in [0.1, 0.15) is 6.54 Å². The van der Waals surface area contributed by atoms with Gasteiger partial charge >= 0.3 is 5.97 Å². The maximum atomic E-state index is 12.2. The quantitative estimate of drug-likeness (QED) is 0.651. The molecule has 18 heavy (non-hydrogen) atoms. The number of amides is 1. The van der Waals surface area contributed by atoms with Crippen LogP contribution in [0, 0.1) is 0 Å². The molecule has 2 N–H and O–H groups in total. The van der Waals surface area contributed by atoms with Gasteiger partial charge in [-0.25, -0.2) is 0 Å². The summed E-state index contributed by atoms with van der Waals surface area (Å²) in [7, 11) is 0. The first kappa shape index (κ1) is 14.9. The smallest absolute Gasteiger partial charge is 0.325 e. The SMILES string of the molecule is CCOC(=O)CN(C(=O)C1CC(O)CN1)C(C)C. The lowest BCUT2D eigenvalue weighted by molar-refractivity contribution is -0.150. The fourth-order valence-electron chi connectivity index (χ4n) is 1.97. The number of nitrogens with zero attached hydrogens (tertiary/aromatic N) is 1. The molecule has 0 aliphatic carbocycles. The minimum absolute atomic E-state index is 0.0430. The summed E-state index contributed by atoms with van der Waals surface area (Å²) in [4.78, 5) is 25.2. The molecule has 2 atom stereocenters. The average molecular weight is 258 g/mol. The van der Waals surface area contributed by atoms with Crippen molar-refractivity contribution in [3.05, 3.63) is 0 Å². The minimum atomic E-state index is -0.490. The van der Waals surface area contributed by atoms with Crippen LogP contribution in [-0.2, 0) is 14.3 Å². The molecule has 2 unspecified atom stereocenters. The van der Waals surface area contributed by atoms with Crippen molar-refractivity contribution in [1.29, 1.82) is 0 Å². The highest BCUT2D eigenvalue weighted by Crippen LogP contribution is 2.11. The molecule has 104 valence electrons. The first-order chi connectivity index (χ1) is 8.45. The Morgan fingerprint density at radius 1 is 1.50 bits per heavy atom. The number of hydrogen-bond acceptors (Lipinski definition) is 5. The van der Waals surface area contributed by atoms with E-state index < -0.39 is 18.1 Å². The van der Waals surface area contributed by atoms with Crippen molar-refractivity contribution < 1.29 is 19.4 Å². The molecule has 1 aliphatic rings. The Kier molecular flexibility index (Phi) is 5.55. The second-order valence-corrected chi connectivity index (χ2v) is 4.72. The summed E-state index contributed by atoms with van der Waals surface area (Å²) >= 11 is 0. The number of nitrogens with one attached hydrogen (secondary N) is 1. The van der Waals surface area contributed by atoms with Gasteiger partial charge < -0.3 is 20.1 Å². The fraction of sp³-hybridized carbons (Fsp3) is 0.833. The summed E-state index contributed by atoms with van der Waals surface area (Å²) in [6.45, 7) is 6.11. The van der Waals surface area contributed by atoms with E-state index in [1.807, 2.05) is 13.8 Å². The van der Waals surface area contributed by atoms with Gasteiger partial charge in [-0.3, -0.25) is 9.59 Å². The Balaban J connectivity index is 2.61. The van der Waals surface area contributed by atoms with Gasteiger partial charge in [0, 0.05) is 12.6 Å². The zero-order chi connectivity index (χ0) is 13.7. The standard InChI is InChI=1S/C12H22N2O4/c1-4-18-11(16)7-14(8(2)3)12(17)10-5-9(15)6-13-10/h8-10,13,15H,4-7H2,1-3H3. The van der Waals surface area contributed by atoms with Crippen molar-refractivity contribution in [1.82, 2.24) is 10.2 Å². The molecule has 0 spiro atoms.